The van der Waals surface area contributed by atoms with Gasteiger partial charge in [0.05, 0.1) is 12.3 Å². The predicted octanol–water partition coefficient (Wildman–Crippen LogP) is 1.96. The molecule has 126 valence electrons. The largest absolute Gasteiger partial charge is 0.490 e. The van der Waals surface area contributed by atoms with Crippen LogP contribution in [0.5, 0.6) is 11.5 Å². The molecule has 1 aliphatic heterocycles. The van der Waals surface area contributed by atoms with Gasteiger partial charge in [-0.25, -0.2) is 0 Å². The van der Waals surface area contributed by atoms with Crippen LogP contribution in [0.3, 0.4) is 0 Å². The molecular formula is C17H24N2O4. The second-order valence-electron chi connectivity index (χ2n) is 5.82. The molecule has 0 bridgehead atoms. The van der Waals surface area contributed by atoms with Gasteiger partial charge in [-0.05, 0) is 53.0 Å². The summed E-state index contributed by atoms with van der Waals surface area (Å²) in [5, 5.41) is 0. The molecule has 1 amide bonds. The lowest BCUT2D eigenvalue weighted by Crippen LogP contribution is -2.45. The number of aldehydes is 1. The summed E-state index contributed by atoms with van der Waals surface area (Å²) in [5.74, 6) is 0.945. The minimum absolute atomic E-state index is 0.0956. The van der Waals surface area contributed by atoms with Gasteiger partial charge in [0.1, 0.15) is 6.29 Å². The maximum absolute atomic E-state index is 12.5. The number of amides is 1. The van der Waals surface area contributed by atoms with Crippen LogP contribution in [0.25, 0.3) is 0 Å². The third-order valence-electron chi connectivity index (χ3n) is 3.68. The Bertz CT molecular complexity index is 586. The van der Waals surface area contributed by atoms with E-state index in [4.69, 9.17) is 9.47 Å². The van der Waals surface area contributed by atoms with E-state index in [1.54, 1.807) is 24.0 Å². The van der Waals surface area contributed by atoms with Crippen LogP contribution in [-0.4, -0.2) is 57.0 Å². The fraction of sp³-hybridized carbons (Fsp3) is 0.529. The van der Waals surface area contributed by atoms with Gasteiger partial charge in [0, 0.05) is 12.1 Å². The van der Waals surface area contributed by atoms with Crippen LogP contribution >= 0.6 is 0 Å². The van der Waals surface area contributed by atoms with Crippen molar-refractivity contribution in [3.8, 4) is 11.5 Å². The number of ether oxygens (including phenoxy) is 2. The van der Waals surface area contributed by atoms with E-state index in [2.05, 4.69) is 4.90 Å². The normalized spacial score (nSPS) is 17.0. The van der Waals surface area contributed by atoms with Gasteiger partial charge in [-0.1, -0.05) is 0 Å². The lowest BCUT2D eigenvalue weighted by atomic mass is 10.1. The van der Waals surface area contributed by atoms with Crippen LogP contribution in [0.4, 0.5) is 5.69 Å². The van der Waals surface area contributed by atoms with E-state index in [0.717, 1.165) is 19.3 Å². The van der Waals surface area contributed by atoms with E-state index in [1.807, 2.05) is 21.0 Å². The molecule has 1 aliphatic rings. The SMILES string of the molecule is CCOc1cc(C=O)cc2c1OC(C)C(=O)N2CCCN(C)C. The smallest absolute Gasteiger partial charge is 0.267 e. The topological polar surface area (TPSA) is 59.1 Å². The van der Waals surface area contributed by atoms with E-state index in [-0.39, 0.29) is 5.91 Å². The maximum Gasteiger partial charge on any atom is 0.267 e. The molecule has 6 heteroatoms. The van der Waals surface area contributed by atoms with Gasteiger partial charge in [0.2, 0.25) is 0 Å². The number of carbonyl (C=O) groups is 2. The van der Waals surface area contributed by atoms with E-state index in [9.17, 15) is 9.59 Å². The molecule has 6 nitrogen and oxygen atoms in total. The molecule has 0 fully saturated rings. The highest BCUT2D eigenvalue weighted by Crippen LogP contribution is 2.42. The molecule has 0 radical (unpaired) electrons. The van der Waals surface area contributed by atoms with Crippen molar-refractivity contribution in [3.05, 3.63) is 17.7 Å². The number of fused-ring (bicyclic) bond motifs is 1. The molecule has 0 saturated carbocycles. The van der Waals surface area contributed by atoms with E-state index in [1.165, 1.54) is 0 Å². The van der Waals surface area contributed by atoms with Crippen molar-refractivity contribution >= 4 is 17.9 Å². The van der Waals surface area contributed by atoms with Crippen LogP contribution in [0.1, 0.15) is 30.6 Å². The molecular weight excluding hydrogens is 296 g/mol. The Morgan fingerprint density at radius 1 is 1.39 bits per heavy atom. The summed E-state index contributed by atoms with van der Waals surface area (Å²) in [6.07, 6.45) is 1.02. The highest BCUT2D eigenvalue weighted by Gasteiger charge is 2.33. The monoisotopic (exact) mass is 320 g/mol. The summed E-state index contributed by atoms with van der Waals surface area (Å²) in [4.78, 5) is 27.5. The summed E-state index contributed by atoms with van der Waals surface area (Å²) < 4.78 is 11.3. The van der Waals surface area contributed by atoms with Crippen LogP contribution in [0.2, 0.25) is 0 Å². The van der Waals surface area contributed by atoms with Crippen molar-refractivity contribution in [2.75, 3.05) is 38.7 Å². The summed E-state index contributed by atoms with van der Waals surface area (Å²) in [7, 11) is 3.99. The van der Waals surface area contributed by atoms with Gasteiger partial charge in [0.15, 0.2) is 17.6 Å². The molecule has 23 heavy (non-hydrogen) atoms. The van der Waals surface area contributed by atoms with Crippen LogP contribution in [0, 0.1) is 0 Å². The number of nitrogens with zero attached hydrogens (tertiary/aromatic N) is 2. The van der Waals surface area contributed by atoms with Crippen LogP contribution in [-0.2, 0) is 4.79 Å². The molecule has 0 aliphatic carbocycles. The minimum Gasteiger partial charge on any atom is -0.490 e. The Hall–Kier alpha value is -2.08. The first-order chi connectivity index (χ1) is 11.0. The van der Waals surface area contributed by atoms with E-state index in [0.29, 0.717) is 35.9 Å². The van der Waals surface area contributed by atoms with Crippen LogP contribution in [0.15, 0.2) is 12.1 Å². The second kappa shape index (κ2) is 7.46. The first-order valence-electron chi connectivity index (χ1n) is 7.86. The van der Waals surface area contributed by atoms with Gasteiger partial charge in [-0.2, -0.15) is 0 Å². The molecule has 1 heterocycles. The van der Waals surface area contributed by atoms with Gasteiger partial charge < -0.3 is 19.3 Å². The Labute approximate surface area is 137 Å². The number of benzene rings is 1. The molecule has 1 aromatic rings. The zero-order chi connectivity index (χ0) is 17.0. The number of carbonyl (C=O) groups excluding carboxylic acids is 2. The lowest BCUT2D eigenvalue weighted by molar-refractivity contribution is -0.125. The third kappa shape index (κ3) is 3.82. The predicted molar refractivity (Wildman–Crippen MR) is 88.6 cm³/mol. The number of hydrogen-bond donors (Lipinski definition) is 0. The maximum atomic E-state index is 12.5. The molecule has 0 spiro atoms. The summed E-state index contributed by atoms with van der Waals surface area (Å²) >= 11 is 0. The van der Waals surface area contributed by atoms with Crippen molar-refractivity contribution in [1.29, 1.82) is 0 Å². The summed E-state index contributed by atoms with van der Waals surface area (Å²) in [6, 6.07) is 3.33. The molecule has 0 N–H and O–H groups in total. The van der Waals surface area contributed by atoms with E-state index < -0.39 is 6.10 Å². The number of rotatable bonds is 7. The van der Waals surface area contributed by atoms with Crippen molar-refractivity contribution in [1.82, 2.24) is 4.90 Å². The third-order valence-corrected chi connectivity index (χ3v) is 3.68. The van der Waals surface area contributed by atoms with Crippen molar-refractivity contribution in [2.45, 2.75) is 26.4 Å². The zero-order valence-corrected chi connectivity index (χ0v) is 14.2. The Kier molecular flexibility index (Phi) is 5.60. The quantitative estimate of drug-likeness (QED) is 0.719. The Morgan fingerprint density at radius 2 is 2.13 bits per heavy atom. The van der Waals surface area contributed by atoms with Gasteiger partial charge >= 0.3 is 0 Å². The van der Waals surface area contributed by atoms with Gasteiger partial charge in [0.25, 0.3) is 5.91 Å². The molecule has 1 aromatic carbocycles. The summed E-state index contributed by atoms with van der Waals surface area (Å²) in [5.41, 5.74) is 1.08. The second-order valence-corrected chi connectivity index (χ2v) is 5.82. The fourth-order valence-corrected chi connectivity index (χ4v) is 2.60. The lowest BCUT2D eigenvalue weighted by Gasteiger charge is -2.34. The van der Waals surface area contributed by atoms with Crippen molar-refractivity contribution in [2.24, 2.45) is 0 Å². The molecule has 1 atom stereocenters. The molecule has 0 saturated heterocycles. The molecule has 1 unspecified atom stereocenters. The first kappa shape index (κ1) is 17.3. The van der Waals surface area contributed by atoms with Crippen molar-refractivity contribution < 1.29 is 19.1 Å². The average Bonchev–Trinajstić information content (AvgIpc) is 2.51. The summed E-state index contributed by atoms with van der Waals surface area (Å²) in [6.45, 7) is 5.51. The Balaban J connectivity index is 2.39. The van der Waals surface area contributed by atoms with Gasteiger partial charge in [-0.15, -0.1) is 0 Å². The molecule has 0 aromatic heterocycles. The molecule has 2 rings (SSSR count). The highest BCUT2D eigenvalue weighted by atomic mass is 16.5. The van der Waals surface area contributed by atoms with Crippen molar-refractivity contribution in [3.63, 3.8) is 0 Å². The standard InChI is InChI=1S/C17H24N2O4/c1-5-22-15-10-13(11-20)9-14-16(15)23-12(2)17(21)19(14)8-6-7-18(3)4/h9-12H,5-8H2,1-4H3. The number of hydrogen-bond acceptors (Lipinski definition) is 5. The zero-order valence-electron chi connectivity index (χ0n) is 14.2. The van der Waals surface area contributed by atoms with E-state index >= 15 is 0 Å². The first-order valence-corrected chi connectivity index (χ1v) is 7.86. The number of anilines is 1. The van der Waals surface area contributed by atoms with Crippen LogP contribution < -0.4 is 14.4 Å². The average molecular weight is 320 g/mol. The Morgan fingerprint density at radius 3 is 2.74 bits per heavy atom. The minimum atomic E-state index is -0.567. The highest BCUT2D eigenvalue weighted by molar-refractivity contribution is 6.01. The fourth-order valence-electron chi connectivity index (χ4n) is 2.60. The van der Waals surface area contributed by atoms with Gasteiger partial charge in [-0.3, -0.25) is 9.59 Å².